The van der Waals surface area contributed by atoms with Gasteiger partial charge in [-0.25, -0.2) is 0 Å². The molecule has 0 aliphatic rings. The fourth-order valence-corrected chi connectivity index (χ4v) is 0.746. The summed E-state index contributed by atoms with van der Waals surface area (Å²) in [5.74, 6) is -4.60. The molecule has 0 rings (SSSR count). The summed E-state index contributed by atoms with van der Waals surface area (Å²) < 4.78 is 35.0. The van der Waals surface area contributed by atoms with E-state index in [0.717, 1.165) is 0 Å². The van der Waals surface area contributed by atoms with Crippen molar-refractivity contribution in [2.75, 3.05) is 0 Å². The van der Waals surface area contributed by atoms with E-state index < -0.39 is 30.3 Å². The number of Topliss-reactive ketones (excluding diaryl/α,β-unsaturated/α-hetero) is 1. The van der Waals surface area contributed by atoms with E-state index in [1.807, 2.05) is 0 Å². The van der Waals surface area contributed by atoms with Gasteiger partial charge in [-0.05, 0) is 6.42 Å². The quantitative estimate of drug-likeness (QED) is 0.746. The average molecular weight is 198 g/mol. The molecule has 0 spiro atoms. The van der Waals surface area contributed by atoms with Gasteiger partial charge >= 0.3 is 12.1 Å². The Labute approximate surface area is 72.5 Å². The van der Waals surface area contributed by atoms with Crippen LogP contribution < -0.4 is 0 Å². The molecule has 0 heterocycles. The van der Waals surface area contributed by atoms with E-state index >= 15 is 0 Å². The monoisotopic (exact) mass is 198 g/mol. The van der Waals surface area contributed by atoms with Crippen LogP contribution in [0, 0.1) is 5.92 Å². The van der Waals surface area contributed by atoms with Gasteiger partial charge in [0.2, 0.25) is 5.78 Å². The fourth-order valence-electron chi connectivity index (χ4n) is 0.746. The molecule has 1 N–H and O–H groups in total. The Kier molecular flexibility index (Phi) is 3.90. The molecule has 0 aromatic heterocycles. The van der Waals surface area contributed by atoms with Gasteiger partial charge in [-0.15, -0.1) is 0 Å². The number of halogens is 3. The molecular weight excluding hydrogens is 189 g/mol. The summed E-state index contributed by atoms with van der Waals surface area (Å²) in [4.78, 5) is 20.6. The third-order valence-corrected chi connectivity index (χ3v) is 1.59. The minimum absolute atomic E-state index is 0.0111. The molecule has 0 aromatic carbocycles. The predicted molar refractivity (Wildman–Crippen MR) is 37.1 cm³/mol. The zero-order valence-corrected chi connectivity index (χ0v) is 6.89. The van der Waals surface area contributed by atoms with E-state index in [2.05, 4.69) is 0 Å². The number of alkyl halides is 3. The van der Waals surface area contributed by atoms with Crippen LogP contribution in [-0.4, -0.2) is 23.0 Å². The number of carbonyl (C=O) groups excluding carboxylic acids is 1. The largest absolute Gasteiger partial charge is 0.481 e. The minimum atomic E-state index is -4.93. The van der Waals surface area contributed by atoms with Crippen LogP contribution in [0.2, 0.25) is 0 Å². The second-order valence-corrected chi connectivity index (χ2v) is 2.57. The molecule has 0 saturated heterocycles. The van der Waals surface area contributed by atoms with Crippen LogP contribution in [0.3, 0.4) is 0 Å². The third kappa shape index (κ3) is 3.91. The molecule has 1 atom stereocenters. The molecule has 0 aromatic rings. The van der Waals surface area contributed by atoms with Gasteiger partial charge in [0.25, 0.3) is 0 Å². The molecule has 3 nitrogen and oxygen atoms in total. The molecule has 6 heteroatoms. The maximum Gasteiger partial charge on any atom is 0.449 e. The number of aliphatic carboxylic acids is 1. The van der Waals surface area contributed by atoms with Gasteiger partial charge in [-0.1, -0.05) is 6.92 Å². The summed E-state index contributed by atoms with van der Waals surface area (Å²) in [5.41, 5.74) is 0. The first-order valence-corrected chi connectivity index (χ1v) is 3.61. The number of hydrogen-bond acceptors (Lipinski definition) is 2. The van der Waals surface area contributed by atoms with Crippen LogP contribution in [-0.2, 0) is 9.59 Å². The van der Waals surface area contributed by atoms with E-state index in [9.17, 15) is 22.8 Å². The van der Waals surface area contributed by atoms with Gasteiger partial charge in [0, 0.05) is 6.42 Å². The summed E-state index contributed by atoms with van der Waals surface area (Å²) >= 11 is 0. The van der Waals surface area contributed by atoms with Crippen molar-refractivity contribution in [1.82, 2.24) is 0 Å². The van der Waals surface area contributed by atoms with Crippen molar-refractivity contribution >= 4 is 11.8 Å². The summed E-state index contributed by atoms with van der Waals surface area (Å²) in [6.45, 7) is 1.42. The number of carbonyl (C=O) groups is 2. The fraction of sp³-hybridized carbons (Fsp3) is 0.714. The van der Waals surface area contributed by atoms with Crippen molar-refractivity contribution < 1.29 is 27.9 Å². The van der Waals surface area contributed by atoms with E-state index in [-0.39, 0.29) is 6.42 Å². The Morgan fingerprint density at radius 2 is 1.85 bits per heavy atom. The number of ketones is 1. The Balaban J connectivity index is 4.26. The maximum atomic E-state index is 11.7. The lowest BCUT2D eigenvalue weighted by Gasteiger charge is -2.09. The molecule has 0 radical (unpaired) electrons. The zero-order chi connectivity index (χ0) is 10.6. The molecule has 0 aliphatic heterocycles. The highest BCUT2D eigenvalue weighted by Crippen LogP contribution is 2.21. The number of carboxylic acid groups (broad SMARTS) is 1. The Morgan fingerprint density at radius 3 is 2.08 bits per heavy atom. The van der Waals surface area contributed by atoms with Crippen molar-refractivity contribution in [2.24, 2.45) is 5.92 Å². The lowest BCUT2D eigenvalue weighted by Crippen LogP contribution is -2.27. The molecule has 0 bridgehead atoms. The van der Waals surface area contributed by atoms with Crippen molar-refractivity contribution in [2.45, 2.75) is 25.9 Å². The number of rotatable bonds is 4. The SMILES string of the molecule is CCC(CC(=O)C(F)(F)F)C(=O)O. The summed E-state index contributed by atoms with van der Waals surface area (Å²) in [6.07, 6.45) is -5.89. The van der Waals surface area contributed by atoms with Crippen molar-refractivity contribution in [3.63, 3.8) is 0 Å². The normalized spacial score (nSPS) is 13.8. The van der Waals surface area contributed by atoms with Crippen LogP contribution in [0.1, 0.15) is 19.8 Å². The van der Waals surface area contributed by atoms with E-state index in [1.165, 1.54) is 6.92 Å². The highest BCUT2D eigenvalue weighted by Gasteiger charge is 2.40. The molecule has 0 amide bonds. The van der Waals surface area contributed by atoms with Crippen molar-refractivity contribution in [1.29, 1.82) is 0 Å². The van der Waals surface area contributed by atoms with Crippen LogP contribution in [0.25, 0.3) is 0 Å². The van der Waals surface area contributed by atoms with Gasteiger partial charge in [-0.3, -0.25) is 9.59 Å². The van der Waals surface area contributed by atoms with E-state index in [0.29, 0.717) is 0 Å². The maximum absolute atomic E-state index is 11.7. The highest BCUT2D eigenvalue weighted by molar-refractivity contribution is 5.87. The first-order valence-electron chi connectivity index (χ1n) is 3.61. The van der Waals surface area contributed by atoms with Crippen molar-refractivity contribution in [3.05, 3.63) is 0 Å². The second-order valence-electron chi connectivity index (χ2n) is 2.57. The smallest absolute Gasteiger partial charge is 0.449 e. The topological polar surface area (TPSA) is 54.4 Å². The highest BCUT2D eigenvalue weighted by atomic mass is 19.4. The molecule has 13 heavy (non-hydrogen) atoms. The summed E-state index contributed by atoms with van der Waals surface area (Å²) in [7, 11) is 0. The second kappa shape index (κ2) is 4.25. The van der Waals surface area contributed by atoms with Gasteiger partial charge in [0.15, 0.2) is 0 Å². The summed E-state index contributed by atoms with van der Waals surface area (Å²) in [5, 5.41) is 8.37. The Morgan fingerprint density at radius 1 is 1.38 bits per heavy atom. The van der Waals surface area contributed by atoms with Crippen LogP contribution in [0.15, 0.2) is 0 Å². The number of carboxylic acids is 1. The van der Waals surface area contributed by atoms with Crippen LogP contribution >= 0.6 is 0 Å². The Bertz CT molecular complexity index is 210. The minimum Gasteiger partial charge on any atom is -0.481 e. The first-order chi connectivity index (χ1) is 5.79. The van der Waals surface area contributed by atoms with Crippen LogP contribution in [0.4, 0.5) is 13.2 Å². The molecule has 0 aliphatic carbocycles. The standard InChI is InChI=1S/C7H9F3O3/c1-2-4(6(12)13)3-5(11)7(8,9)10/h4H,2-3H2,1H3,(H,12,13). The van der Waals surface area contributed by atoms with Gasteiger partial charge in [-0.2, -0.15) is 13.2 Å². The van der Waals surface area contributed by atoms with Gasteiger partial charge in [0.1, 0.15) is 0 Å². The van der Waals surface area contributed by atoms with Gasteiger partial charge in [0.05, 0.1) is 5.92 Å². The first kappa shape index (κ1) is 11.9. The molecule has 76 valence electrons. The van der Waals surface area contributed by atoms with Crippen LogP contribution in [0.5, 0.6) is 0 Å². The zero-order valence-electron chi connectivity index (χ0n) is 6.89. The molecule has 0 fully saturated rings. The van der Waals surface area contributed by atoms with E-state index in [4.69, 9.17) is 5.11 Å². The van der Waals surface area contributed by atoms with E-state index in [1.54, 1.807) is 0 Å². The predicted octanol–water partition coefficient (Wildman–Crippen LogP) is 1.62. The average Bonchev–Trinajstić information content (AvgIpc) is 1.96. The lowest BCUT2D eigenvalue weighted by molar-refractivity contribution is -0.173. The lowest BCUT2D eigenvalue weighted by atomic mass is 10.00. The summed E-state index contributed by atoms with van der Waals surface area (Å²) in [6, 6.07) is 0. The third-order valence-electron chi connectivity index (χ3n) is 1.59. The van der Waals surface area contributed by atoms with Gasteiger partial charge < -0.3 is 5.11 Å². The van der Waals surface area contributed by atoms with Crippen molar-refractivity contribution in [3.8, 4) is 0 Å². The molecular formula is C7H9F3O3. The Hall–Kier alpha value is -1.07. The number of hydrogen-bond donors (Lipinski definition) is 1. The molecule has 0 saturated carbocycles. The molecule has 1 unspecified atom stereocenters.